The fourth-order valence-corrected chi connectivity index (χ4v) is 4.06. The Morgan fingerprint density at radius 2 is 1.75 bits per heavy atom. The van der Waals surface area contributed by atoms with Gasteiger partial charge in [-0.05, 0) is 56.2 Å². The first-order valence-electron chi connectivity index (χ1n) is 10.6. The summed E-state index contributed by atoms with van der Waals surface area (Å²) in [5.74, 6) is 0.705. The smallest absolute Gasteiger partial charge is 0.257 e. The van der Waals surface area contributed by atoms with Gasteiger partial charge < -0.3 is 9.32 Å². The van der Waals surface area contributed by atoms with Crippen molar-refractivity contribution >= 4 is 5.91 Å². The SMILES string of the molecule is Cc1c(C(=O)N2CCC(c3nnc(-c4ccc(F)cc4)o3)CC2)cnn1-c1ccccc1. The minimum absolute atomic E-state index is 0.0133. The Labute approximate surface area is 184 Å². The molecule has 32 heavy (non-hydrogen) atoms. The minimum atomic E-state index is -0.310. The molecule has 8 heteroatoms. The Bertz CT molecular complexity index is 1230. The third kappa shape index (κ3) is 3.79. The zero-order valence-electron chi connectivity index (χ0n) is 17.6. The highest BCUT2D eigenvalue weighted by Crippen LogP contribution is 2.30. The molecule has 0 aliphatic carbocycles. The molecule has 0 saturated carbocycles. The summed E-state index contributed by atoms with van der Waals surface area (Å²) in [7, 11) is 0. The van der Waals surface area contributed by atoms with Gasteiger partial charge in [0.05, 0.1) is 23.1 Å². The van der Waals surface area contributed by atoms with E-state index in [0.29, 0.717) is 36.0 Å². The number of rotatable bonds is 4. The lowest BCUT2D eigenvalue weighted by molar-refractivity contribution is 0.0705. The molecule has 0 unspecified atom stereocenters. The summed E-state index contributed by atoms with van der Waals surface area (Å²) in [6.45, 7) is 3.12. The van der Waals surface area contributed by atoms with Crippen molar-refractivity contribution in [1.82, 2.24) is 24.9 Å². The van der Waals surface area contributed by atoms with Crippen LogP contribution in [0.4, 0.5) is 4.39 Å². The summed E-state index contributed by atoms with van der Waals surface area (Å²) in [5, 5.41) is 12.7. The number of nitrogens with zero attached hydrogens (tertiary/aromatic N) is 5. The van der Waals surface area contributed by atoms with Crippen molar-refractivity contribution in [3.05, 3.63) is 83.8 Å². The number of carbonyl (C=O) groups is 1. The number of likely N-dealkylation sites (tertiary alicyclic amines) is 1. The average molecular weight is 431 g/mol. The number of hydrogen-bond acceptors (Lipinski definition) is 5. The Balaban J connectivity index is 1.25. The van der Waals surface area contributed by atoms with Gasteiger partial charge in [0, 0.05) is 24.6 Å². The summed E-state index contributed by atoms with van der Waals surface area (Å²) in [6.07, 6.45) is 3.12. The Morgan fingerprint density at radius 3 is 2.47 bits per heavy atom. The van der Waals surface area contributed by atoms with E-state index in [1.807, 2.05) is 42.2 Å². The summed E-state index contributed by atoms with van der Waals surface area (Å²) in [5.41, 5.74) is 3.05. The Morgan fingerprint density at radius 1 is 1.03 bits per heavy atom. The summed E-state index contributed by atoms with van der Waals surface area (Å²) >= 11 is 0. The van der Waals surface area contributed by atoms with Gasteiger partial charge in [-0.3, -0.25) is 4.79 Å². The molecular formula is C24H22FN5O2. The number of piperidine rings is 1. The van der Waals surface area contributed by atoms with Gasteiger partial charge >= 0.3 is 0 Å². The Hall–Kier alpha value is -3.81. The normalized spacial score (nSPS) is 14.6. The summed E-state index contributed by atoms with van der Waals surface area (Å²) in [4.78, 5) is 15.0. The third-order valence-corrected chi connectivity index (χ3v) is 5.90. The van der Waals surface area contributed by atoms with E-state index in [9.17, 15) is 9.18 Å². The molecule has 4 aromatic rings. The van der Waals surface area contributed by atoms with Gasteiger partial charge in [-0.1, -0.05) is 18.2 Å². The molecule has 5 rings (SSSR count). The van der Waals surface area contributed by atoms with E-state index >= 15 is 0 Å². The number of carbonyl (C=O) groups excluding carboxylic acids is 1. The van der Waals surface area contributed by atoms with E-state index in [0.717, 1.165) is 24.2 Å². The van der Waals surface area contributed by atoms with Crippen LogP contribution in [0.1, 0.15) is 40.7 Å². The van der Waals surface area contributed by atoms with Crippen LogP contribution in [0.2, 0.25) is 0 Å². The second-order valence-corrected chi connectivity index (χ2v) is 7.91. The first-order chi connectivity index (χ1) is 15.6. The van der Waals surface area contributed by atoms with Crippen molar-refractivity contribution in [1.29, 1.82) is 0 Å². The predicted molar refractivity (Wildman–Crippen MR) is 116 cm³/mol. The molecule has 0 spiro atoms. The molecule has 2 aromatic heterocycles. The van der Waals surface area contributed by atoms with Crippen LogP contribution in [0, 0.1) is 12.7 Å². The van der Waals surface area contributed by atoms with Gasteiger partial charge in [0.2, 0.25) is 11.8 Å². The highest BCUT2D eigenvalue weighted by Gasteiger charge is 2.29. The largest absolute Gasteiger partial charge is 0.420 e. The topological polar surface area (TPSA) is 77.1 Å². The third-order valence-electron chi connectivity index (χ3n) is 5.90. The van der Waals surface area contributed by atoms with Crippen molar-refractivity contribution in [2.45, 2.75) is 25.7 Å². The number of amides is 1. The van der Waals surface area contributed by atoms with Crippen LogP contribution in [-0.4, -0.2) is 43.9 Å². The zero-order chi connectivity index (χ0) is 22.1. The summed E-state index contributed by atoms with van der Waals surface area (Å²) < 4.78 is 20.8. The Kier molecular flexibility index (Phi) is 5.26. The lowest BCUT2D eigenvalue weighted by atomic mass is 9.96. The van der Waals surface area contributed by atoms with E-state index in [2.05, 4.69) is 15.3 Å². The maximum Gasteiger partial charge on any atom is 0.257 e. The molecule has 1 aliphatic heterocycles. The molecular weight excluding hydrogens is 409 g/mol. The van der Waals surface area contributed by atoms with Crippen LogP contribution in [0.25, 0.3) is 17.1 Å². The van der Waals surface area contributed by atoms with E-state index < -0.39 is 0 Å². The molecule has 0 radical (unpaired) electrons. The molecule has 1 saturated heterocycles. The first-order valence-corrected chi connectivity index (χ1v) is 10.6. The first kappa shape index (κ1) is 20.1. The minimum Gasteiger partial charge on any atom is -0.420 e. The zero-order valence-corrected chi connectivity index (χ0v) is 17.6. The van der Waals surface area contributed by atoms with Gasteiger partial charge in [-0.2, -0.15) is 5.10 Å². The second-order valence-electron chi connectivity index (χ2n) is 7.91. The molecule has 0 atom stereocenters. The monoisotopic (exact) mass is 431 g/mol. The fourth-order valence-electron chi connectivity index (χ4n) is 4.06. The van der Waals surface area contributed by atoms with Crippen molar-refractivity contribution in [2.75, 3.05) is 13.1 Å². The van der Waals surface area contributed by atoms with Crippen molar-refractivity contribution < 1.29 is 13.6 Å². The number of hydrogen-bond donors (Lipinski definition) is 0. The van der Waals surface area contributed by atoms with E-state index in [1.54, 1.807) is 23.0 Å². The second kappa shape index (κ2) is 8.37. The van der Waals surface area contributed by atoms with E-state index in [-0.39, 0.29) is 17.6 Å². The molecule has 3 heterocycles. The lowest BCUT2D eigenvalue weighted by Gasteiger charge is -2.30. The molecule has 0 N–H and O–H groups in total. The molecule has 1 fully saturated rings. The van der Waals surface area contributed by atoms with E-state index in [1.165, 1.54) is 12.1 Å². The standard InChI is InChI=1S/C24H22FN5O2/c1-16-21(15-26-30(16)20-5-3-2-4-6-20)24(31)29-13-11-18(12-14-29)23-28-27-22(32-23)17-7-9-19(25)10-8-17/h2-10,15,18H,11-14H2,1H3. The van der Waals surface area contributed by atoms with Gasteiger partial charge in [0.1, 0.15) is 5.82 Å². The summed E-state index contributed by atoms with van der Waals surface area (Å²) in [6, 6.07) is 15.7. The number of halogens is 1. The highest BCUT2D eigenvalue weighted by molar-refractivity contribution is 5.95. The van der Waals surface area contributed by atoms with Crippen LogP contribution >= 0.6 is 0 Å². The van der Waals surface area contributed by atoms with E-state index in [4.69, 9.17) is 4.42 Å². The van der Waals surface area contributed by atoms with Gasteiger partial charge in [-0.15, -0.1) is 10.2 Å². The van der Waals surface area contributed by atoms with Gasteiger partial charge in [0.25, 0.3) is 5.91 Å². The quantitative estimate of drug-likeness (QED) is 0.479. The number of para-hydroxylation sites is 1. The number of benzene rings is 2. The fraction of sp³-hybridized carbons (Fsp3) is 0.250. The van der Waals surface area contributed by atoms with Crippen molar-refractivity contribution in [3.8, 4) is 17.1 Å². The average Bonchev–Trinajstić information content (AvgIpc) is 3.47. The van der Waals surface area contributed by atoms with Crippen LogP contribution in [0.5, 0.6) is 0 Å². The molecule has 1 amide bonds. The molecule has 0 bridgehead atoms. The molecule has 162 valence electrons. The maximum absolute atomic E-state index is 13.1. The highest BCUT2D eigenvalue weighted by atomic mass is 19.1. The van der Waals surface area contributed by atoms with Crippen molar-refractivity contribution in [2.24, 2.45) is 0 Å². The predicted octanol–water partition coefficient (Wildman–Crippen LogP) is 4.39. The van der Waals surface area contributed by atoms with Crippen LogP contribution < -0.4 is 0 Å². The van der Waals surface area contributed by atoms with Crippen LogP contribution in [0.15, 0.2) is 65.2 Å². The van der Waals surface area contributed by atoms with Gasteiger partial charge in [-0.25, -0.2) is 9.07 Å². The van der Waals surface area contributed by atoms with Crippen LogP contribution in [0.3, 0.4) is 0 Å². The lowest BCUT2D eigenvalue weighted by Crippen LogP contribution is -2.38. The maximum atomic E-state index is 13.1. The van der Waals surface area contributed by atoms with Crippen molar-refractivity contribution in [3.63, 3.8) is 0 Å². The van der Waals surface area contributed by atoms with Gasteiger partial charge in [0.15, 0.2) is 0 Å². The molecule has 1 aliphatic rings. The number of aromatic nitrogens is 4. The molecule has 2 aromatic carbocycles. The van der Waals surface area contributed by atoms with Crippen LogP contribution in [-0.2, 0) is 0 Å². The molecule has 7 nitrogen and oxygen atoms in total.